The fourth-order valence-corrected chi connectivity index (χ4v) is 4.00. The molecule has 5 rings (SSSR count). The van der Waals surface area contributed by atoms with Crippen molar-refractivity contribution in [1.82, 2.24) is 19.7 Å². The van der Waals surface area contributed by atoms with Gasteiger partial charge in [-0.25, -0.2) is 19.3 Å². The van der Waals surface area contributed by atoms with Crippen molar-refractivity contribution in [3.8, 4) is 34.2 Å². The minimum atomic E-state index is -0.712. The predicted molar refractivity (Wildman–Crippen MR) is 138 cm³/mol. The van der Waals surface area contributed by atoms with Gasteiger partial charge in [-0.15, -0.1) is 0 Å². The first-order valence-electron chi connectivity index (χ1n) is 11.6. The lowest BCUT2D eigenvalue weighted by Crippen LogP contribution is -2.15. The number of esters is 2. The van der Waals surface area contributed by atoms with Gasteiger partial charge in [-0.05, 0) is 56.9 Å². The monoisotopic (exact) mass is 518 g/mol. The molecule has 4 aromatic rings. The molecule has 0 N–H and O–H groups in total. The van der Waals surface area contributed by atoms with Gasteiger partial charge in [0.25, 0.3) is 0 Å². The Labute approximate surface area is 217 Å². The third-order valence-corrected chi connectivity index (χ3v) is 5.85. The van der Waals surface area contributed by atoms with Crippen molar-refractivity contribution < 1.29 is 23.8 Å². The number of halogens is 1. The second-order valence-electron chi connectivity index (χ2n) is 8.59. The molecule has 2 aromatic carbocycles. The third kappa shape index (κ3) is 5.32. The number of aromatic nitrogens is 3. The number of fused-ring (bicyclic) bond motifs is 3. The lowest BCUT2D eigenvalue weighted by Gasteiger charge is -2.12. The van der Waals surface area contributed by atoms with Crippen molar-refractivity contribution >= 4 is 34.6 Å². The van der Waals surface area contributed by atoms with Gasteiger partial charge in [0.2, 0.25) is 0 Å². The van der Waals surface area contributed by atoms with E-state index in [1.807, 2.05) is 38.4 Å². The van der Waals surface area contributed by atoms with Gasteiger partial charge in [0, 0.05) is 29.3 Å². The number of hydrogen-bond donors (Lipinski definition) is 0. The smallest absolute Gasteiger partial charge is 0.336 e. The molecule has 9 nitrogen and oxygen atoms in total. The Hall–Kier alpha value is -4.21. The molecule has 1 aliphatic rings. The Kier molecular flexibility index (Phi) is 6.89. The van der Waals surface area contributed by atoms with Crippen LogP contribution in [0, 0.1) is 0 Å². The van der Waals surface area contributed by atoms with E-state index in [1.54, 1.807) is 28.9 Å². The molecule has 37 heavy (non-hydrogen) atoms. The van der Waals surface area contributed by atoms with Gasteiger partial charge in [-0.2, -0.15) is 5.10 Å². The molecular weight excluding hydrogens is 496 g/mol. The maximum absolute atomic E-state index is 12.3. The fourth-order valence-electron chi connectivity index (χ4n) is 3.87. The summed E-state index contributed by atoms with van der Waals surface area (Å²) in [6.07, 6.45) is 4.27. The molecule has 0 atom stereocenters. The van der Waals surface area contributed by atoms with Crippen LogP contribution in [0.2, 0.25) is 5.02 Å². The van der Waals surface area contributed by atoms with E-state index in [0.29, 0.717) is 39.6 Å². The standard InChI is InChI=1S/C27H23ClN4O5/c1-31(2)14-3-15-35-20-10-8-19(9-11-20)32-27-24(25(30-32)17-4-6-18(28)7-5-17)26-21(16-29-27)36-22(33)12-13-23(34)37-26/h4-13,16H,3,14-15H2,1-2H3/b13-12-. The van der Waals surface area contributed by atoms with Gasteiger partial charge in [0.1, 0.15) is 11.4 Å². The number of ether oxygens (including phenoxy) is 3. The molecule has 3 heterocycles. The van der Waals surface area contributed by atoms with Crippen LogP contribution in [0.5, 0.6) is 17.2 Å². The molecule has 0 unspecified atom stereocenters. The Morgan fingerprint density at radius 3 is 2.38 bits per heavy atom. The Morgan fingerprint density at radius 1 is 0.973 bits per heavy atom. The van der Waals surface area contributed by atoms with Crippen LogP contribution in [0.4, 0.5) is 0 Å². The highest BCUT2D eigenvalue weighted by molar-refractivity contribution is 6.30. The van der Waals surface area contributed by atoms with E-state index in [4.69, 9.17) is 30.9 Å². The minimum Gasteiger partial charge on any atom is -0.494 e. The summed E-state index contributed by atoms with van der Waals surface area (Å²) in [5.74, 6) is -0.601. The highest BCUT2D eigenvalue weighted by Crippen LogP contribution is 2.41. The highest BCUT2D eigenvalue weighted by Gasteiger charge is 2.26. The molecule has 0 spiro atoms. The van der Waals surface area contributed by atoms with Gasteiger partial charge in [-0.3, -0.25) is 0 Å². The molecule has 10 heteroatoms. The van der Waals surface area contributed by atoms with Crippen LogP contribution in [0.15, 0.2) is 66.9 Å². The normalized spacial score (nSPS) is 14.1. The molecule has 0 amide bonds. The Morgan fingerprint density at radius 2 is 1.68 bits per heavy atom. The number of nitrogens with zero attached hydrogens (tertiary/aromatic N) is 4. The first-order valence-corrected chi connectivity index (χ1v) is 11.9. The van der Waals surface area contributed by atoms with E-state index in [1.165, 1.54) is 6.20 Å². The summed E-state index contributed by atoms with van der Waals surface area (Å²) < 4.78 is 18.4. The number of pyridine rings is 1. The first kappa shape index (κ1) is 24.5. The minimum absolute atomic E-state index is 0.0198. The highest BCUT2D eigenvalue weighted by atomic mass is 35.5. The van der Waals surface area contributed by atoms with Crippen LogP contribution in [0.25, 0.3) is 28.0 Å². The maximum atomic E-state index is 12.3. The lowest BCUT2D eigenvalue weighted by atomic mass is 10.1. The zero-order valence-corrected chi connectivity index (χ0v) is 20.9. The van der Waals surface area contributed by atoms with Crippen LogP contribution < -0.4 is 14.2 Å². The molecule has 0 saturated carbocycles. The first-order chi connectivity index (χ1) is 17.9. The van der Waals surface area contributed by atoms with Crippen molar-refractivity contribution in [3.63, 3.8) is 0 Å². The topological polar surface area (TPSA) is 95.8 Å². The van der Waals surface area contributed by atoms with E-state index in [9.17, 15) is 9.59 Å². The summed E-state index contributed by atoms with van der Waals surface area (Å²) in [6, 6.07) is 14.5. The fraction of sp³-hybridized carbons (Fsp3) is 0.185. The number of carbonyl (C=O) groups excluding carboxylic acids is 2. The summed E-state index contributed by atoms with van der Waals surface area (Å²) in [6.45, 7) is 1.55. The number of rotatable bonds is 7. The molecule has 0 saturated heterocycles. The molecule has 0 radical (unpaired) electrons. The van der Waals surface area contributed by atoms with E-state index < -0.39 is 11.9 Å². The van der Waals surface area contributed by atoms with Crippen LogP contribution in [-0.2, 0) is 9.59 Å². The van der Waals surface area contributed by atoms with Gasteiger partial charge < -0.3 is 19.1 Å². The van der Waals surface area contributed by atoms with Crippen LogP contribution in [-0.4, -0.2) is 58.8 Å². The second-order valence-corrected chi connectivity index (χ2v) is 9.03. The zero-order valence-electron chi connectivity index (χ0n) is 20.2. The van der Waals surface area contributed by atoms with Crippen molar-refractivity contribution in [1.29, 1.82) is 0 Å². The predicted octanol–water partition coefficient (Wildman–Crippen LogP) is 4.45. The number of benzene rings is 2. The van der Waals surface area contributed by atoms with E-state index in [0.717, 1.165) is 30.9 Å². The van der Waals surface area contributed by atoms with Gasteiger partial charge >= 0.3 is 11.9 Å². The summed E-state index contributed by atoms with van der Waals surface area (Å²) in [7, 11) is 4.05. The second kappa shape index (κ2) is 10.4. The number of carbonyl (C=O) groups is 2. The molecule has 0 aliphatic carbocycles. The Bertz CT molecular complexity index is 1490. The van der Waals surface area contributed by atoms with Crippen LogP contribution >= 0.6 is 11.6 Å². The molecular formula is C27H23ClN4O5. The Balaban J connectivity index is 1.59. The lowest BCUT2D eigenvalue weighted by molar-refractivity contribution is -0.133. The summed E-state index contributed by atoms with van der Waals surface area (Å²) in [5, 5.41) is 5.78. The quantitative estimate of drug-likeness (QED) is 0.261. The average molecular weight is 519 g/mol. The van der Waals surface area contributed by atoms with Gasteiger partial charge in [0.05, 0.1) is 23.9 Å². The van der Waals surface area contributed by atoms with Gasteiger partial charge in [-0.1, -0.05) is 23.7 Å². The summed E-state index contributed by atoms with van der Waals surface area (Å²) in [5.41, 5.74) is 2.32. The SMILES string of the molecule is CN(C)CCCOc1ccc(-n2nc(-c3ccc(Cl)cc3)c3c4c(cnc32)OC(=O)/C=C\C(=O)O4)cc1. The molecule has 0 bridgehead atoms. The van der Waals surface area contributed by atoms with Crippen molar-refractivity contribution in [3.05, 3.63) is 71.9 Å². The van der Waals surface area contributed by atoms with Crippen molar-refractivity contribution in [2.45, 2.75) is 6.42 Å². The summed E-state index contributed by atoms with van der Waals surface area (Å²) in [4.78, 5) is 31.0. The maximum Gasteiger partial charge on any atom is 0.336 e. The van der Waals surface area contributed by atoms with Crippen LogP contribution in [0.3, 0.4) is 0 Å². The largest absolute Gasteiger partial charge is 0.494 e. The molecule has 2 aromatic heterocycles. The molecule has 0 fully saturated rings. The summed E-state index contributed by atoms with van der Waals surface area (Å²) >= 11 is 6.10. The van der Waals surface area contributed by atoms with E-state index >= 15 is 0 Å². The van der Waals surface area contributed by atoms with Crippen molar-refractivity contribution in [2.75, 3.05) is 27.2 Å². The zero-order chi connectivity index (χ0) is 25.9. The molecule has 188 valence electrons. The van der Waals surface area contributed by atoms with Crippen molar-refractivity contribution in [2.24, 2.45) is 0 Å². The average Bonchev–Trinajstić information content (AvgIpc) is 3.26. The van der Waals surface area contributed by atoms with Crippen LogP contribution in [0.1, 0.15) is 6.42 Å². The number of hydrogen-bond acceptors (Lipinski definition) is 8. The van der Waals surface area contributed by atoms with E-state index in [2.05, 4.69) is 9.88 Å². The molecule has 1 aliphatic heterocycles. The van der Waals surface area contributed by atoms with Gasteiger partial charge in [0.15, 0.2) is 17.1 Å². The third-order valence-electron chi connectivity index (χ3n) is 5.60. The van der Waals surface area contributed by atoms with E-state index in [-0.39, 0.29) is 11.5 Å².